The van der Waals surface area contributed by atoms with Crippen LogP contribution >= 0.6 is 0 Å². The van der Waals surface area contributed by atoms with Gasteiger partial charge in [-0.3, -0.25) is 4.99 Å². The van der Waals surface area contributed by atoms with Crippen LogP contribution in [0.4, 0.5) is 5.82 Å². The quantitative estimate of drug-likeness (QED) is 0.859. The molecule has 0 atom stereocenters. The van der Waals surface area contributed by atoms with Gasteiger partial charge in [0, 0.05) is 12.2 Å². The highest BCUT2D eigenvalue weighted by molar-refractivity contribution is 6.08. The normalized spacial score (nSPS) is 14.1. The van der Waals surface area contributed by atoms with Crippen LogP contribution in [-0.2, 0) is 0 Å². The van der Waals surface area contributed by atoms with Crippen molar-refractivity contribution in [3.63, 3.8) is 0 Å². The Kier molecular flexibility index (Phi) is 2.91. The number of nitrogens with one attached hydrogen (secondary N) is 1. The number of hydrogen-bond donors (Lipinski definition) is 2. The Morgan fingerprint density at radius 3 is 2.68 bits per heavy atom. The summed E-state index contributed by atoms with van der Waals surface area (Å²) in [7, 11) is 0. The van der Waals surface area contributed by atoms with E-state index in [9.17, 15) is 0 Å². The third-order valence-corrected chi connectivity index (χ3v) is 3.17. The Morgan fingerprint density at radius 2 is 2.00 bits per heavy atom. The zero-order chi connectivity index (χ0) is 13.2. The summed E-state index contributed by atoms with van der Waals surface area (Å²) < 4.78 is 0. The molecule has 0 saturated heterocycles. The topological polar surface area (TPSA) is 63.3 Å². The molecule has 96 valence electrons. The first-order valence-corrected chi connectivity index (χ1v) is 6.37. The summed E-state index contributed by atoms with van der Waals surface area (Å²) in [6.45, 7) is 3.60. The number of benzene rings is 1. The number of aromatic nitrogens is 1. The van der Waals surface area contributed by atoms with Gasteiger partial charge in [-0.1, -0.05) is 30.3 Å². The number of anilines is 1. The molecule has 3 N–H and O–H groups in total. The van der Waals surface area contributed by atoms with Gasteiger partial charge in [-0.2, -0.15) is 0 Å². The second kappa shape index (κ2) is 4.72. The van der Waals surface area contributed by atoms with Gasteiger partial charge in [-0.05, 0) is 24.1 Å². The zero-order valence-corrected chi connectivity index (χ0v) is 10.9. The fraction of sp³-hybridized carbons (Fsp3) is 0.200. The van der Waals surface area contributed by atoms with E-state index in [0.29, 0.717) is 5.82 Å². The molecule has 1 aliphatic rings. The van der Waals surface area contributed by atoms with Crippen molar-refractivity contribution in [2.45, 2.75) is 6.92 Å². The second-order valence-electron chi connectivity index (χ2n) is 4.59. The number of pyridine rings is 1. The van der Waals surface area contributed by atoms with Crippen molar-refractivity contribution in [2.24, 2.45) is 4.99 Å². The van der Waals surface area contributed by atoms with Crippen LogP contribution in [0.2, 0.25) is 0 Å². The van der Waals surface area contributed by atoms with Crippen LogP contribution in [0.1, 0.15) is 11.3 Å². The summed E-state index contributed by atoms with van der Waals surface area (Å²) in [6.07, 6.45) is 0. The lowest BCUT2D eigenvalue weighted by atomic mass is 9.99. The maximum absolute atomic E-state index is 6.11. The summed E-state index contributed by atoms with van der Waals surface area (Å²) in [5.41, 5.74) is 10.1. The molecular weight excluding hydrogens is 236 g/mol. The minimum atomic E-state index is 0.534. The summed E-state index contributed by atoms with van der Waals surface area (Å²) in [6, 6.07) is 12.3. The molecular formula is C15H16N4. The fourth-order valence-electron chi connectivity index (χ4n) is 2.36. The van der Waals surface area contributed by atoms with Gasteiger partial charge in [-0.25, -0.2) is 4.98 Å². The van der Waals surface area contributed by atoms with Gasteiger partial charge in [-0.15, -0.1) is 0 Å². The second-order valence-corrected chi connectivity index (χ2v) is 4.59. The van der Waals surface area contributed by atoms with Crippen LogP contribution in [0.15, 0.2) is 41.4 Å². The van der Waals surface area contributed by atoms with Gasteiger partial charge in [0.25, 0.3) is 0 Å². The Balaban J connectivity index is 2.22. The highest BCUT2D eigenvalue weighted by Gasteiger charge is 2.18. The van der Waals surface area contributed by atoms with E-state index in [0.717, 1.165) is 41.3 Å². The van der Waals surface area contributed by atoms with E-state index < -0.39 is 0 Å². The molecule has 1 aromatic heterocycles. The van der Waals surface area contributed by atoms with Crippen molar-refractivity contribution in [3.8, 4) is 11.1 Å². The molecule has 2 aromatic rings. The first-order chi connectivity index (χ1) is 9.25. The monoisotopic (exact) mass is 252 g/mol. The van der Waals surface area contributed by atoms with Gasteiger partial charge < -0.3 is 11.1 Å². The number of nitrogen functional groups attached to an aromatic ring is 1. The summed E-state index contributed by atoms with van der Waals surface area (Å²) in [5, 5.41) is 3.27. The van der Waals surface area contributed by atoms with Crippen molar-refractivity contribution < 1.29 is 0 Å². The summed E-state index contributed by atoms with van der Waals surface area (Å²) in [5.74, 6) is 1.39. The maximum Gasteiger partial charge on any atom is 0.135 e. The van der Waals surface area contributed by atoms with Crippen LogP contribution in [0, 0.1) is 6.92 Å². The lowest BCUT2D eigenvalue weighted by molar-refractivity contribution is 0.960. The van der Waals surface area contributed by atoms with Crippen molar-refractivity contribution in [1.82, 2.24) is 10.3 Å². The van der Waals surface area contributed by atoms with E-state index >= 15 is 0 Å². The molecule has 0 fully saturated rings. The molecule has 0 radical (unpaired) electrons. The molecule has 4 heteroatoms. The van der Waals surface area contributed by atoms with Crippen LogP contribution in [-0.4, -0.2) is 23.9 Å². The first-order valence-electron chi connectivity index (χ1n) is 6.37. The molecule has 0 amide bonds. The third-order valence-electron chi connectivity index (χ3n) is 3.17. The molecule has 0 saturated carbocycles. The highest BCUT2D eigenvalue weighted by Crippen LogP contribution is 2.28. The number of amidine groups is 1. The molecule has 0 unspecified atom stereocenters. The van der Waals surface area contributed by atoms with Crippen LogP contribution < -0.4 is 11.1 Å². The Bertz CT molecular complexity index is 632. The van der Waals surface area contributed by atoms with Crippen molar-refractivity contribution in [2.75, 3.05) is 18.8 Å². The highest BCUT2D eigenvalue weighted by atomic mass is 15.1. The van der Waals surface area contributed by atoms with Crippen LogP contribution in [0.3, 0.4) is 0 Å². The van der Waals surface area contributed by atoms with E-state index in [-0.39, 0.29) is 0 Å². The largest absolute Gasteiger partial charge is 0.383 e. The molecule has 3 rings (SSSR count). The number of hydrogen-bond acceptors (Lipinski definition) is 4. The predicted molar refractivity (Wildman–Crippen MR) is 78.2 cm³/mol. The number of rotatable bonds is 2. The average molecular weight is 252 g/mol. The Labute approximate surface area is 112 Å². The molecule has 19 heavy (non-hydrogen) atoms. The predicted octanol–water partition coefficient (Wildman–Crippen LogP) is 1.99. The van der Waals surface area contributed by atoms with Gasteiger partial charge in [0.15, 0.2) is 0 Å². The third kappa shape index (κ3) is 2.17. The van der Waals surface area contributed by atoms with Gasteiger partial charge >= 0.3 is 0 Å². The van der Waals surface area contributed by atoms with E-state index in [2.05, 4.69) is 33.5 Å². The fourth-order valence-corrected chi connectivity index (χ4v) is 2.36. The Hall–Kier alpha value is -2.36. The minimum Gasteiger partial charge on any atom is -0.383 e. The van der Waals surface area contributed by atoms with E-state index in [4.69, 9.17) is 5.73 Å². The molecule has 4 nitrogen and oxygen atoms in total. The average Bonchev–Trinajstić information content (AvgIpc) is 2.92. The van der Waals surface area contributed by atoms with E-state index in [1.165, 1.54) is 0 Å². The van der Waals surface area contributed by atoms with Crippen molar-refractivity contribution >= 4 is 11.7 Å². The molecule has 0 bridgehead atoms. The van der Waals surface area contributed by atoms with E-state index in [1.807, 2.05) is 25.1 Å². The van der Waals surface area contributed by atoms with E-state index in [1.54, 1.807) is 0 Å². The smallest absolute Gasteiger partial charge is 0.135 e. The summed E-state index contributed by atoms with van der Waals surface area (Å²) >= 11 is 0. The molecule has 1 aromatic carbocycles. The maximum atomic E-state index is 6.11. The lowest BCUT2D eigenvalue weighted by Crippen LogP contribution is -2.22. The van der Waals surface area contributed by atoms with Crippen LogP contribution in [0.5, 0.6) is 0 Å². The standard InChI is InChI=1S/C15H16N4/c1-10-9-12(11-5-3-2-4-6-11)13(14(16)19-10)15-17-7-8-18-15/h2-6,9H,7-8H2,1H3,(H2,16,19)(H,17,18). The van der Waals surface area contributed by atoms with Crippen molar-refractivity contribution in [3.05, 3.63) is 47.7 Å². The SMILES string of the molecule is Cc1cc(-c2ccccc2)c(C2=NCCN2)c(N)n1. The number of nitrogens with two attached hydrogens (primary N) is 1. The van der Waals surface area contributed by atoms with Gasteiger partial charge in [0.2, 0.25) is 0 Å². The lowest BCUT2D eigenvalue weighted by Gasteiger charge is -2.13. The molecule has 0 spiro atoms. The summed E-state index contributed by atoms with van der Waals surface area (Å²) in [4.78, 5) is 8.83. The van der Waals surface area contributed by atoms with Gasteiger partial charge in [0.05, 0.1) is 12.1 Å². The molecule has 1 aliphatic heterocycles. The van der Waals surface area contributed by atoms with Crippen LogP contribution in [0.25, 0.3) is 11.1 Å². The zero-order valence-electron chi connectivity index (χ0n) is 10.9. The molecule has 2 heterocycles. The number of aryl methyl sites for hydroxylation is 1. The molecule has 0 aliphatic carbocycles. The Morgan fingerprint density at radius 1 is 1.21 bits per heavy atom. The first kappa shape index (κ1) is 11.7. The number of aliphatic imine (C=N–C) groups is 1. The minimum absolute atomic E-state index is 0.534. The van der Waals surface area contributed by atoms with Gasteiger partial charge in [0.1, 0.15) is 11.7 Å². The number of nitrogens with zero attached hydrogens (tertiary/aromatic N) is 2. The van der Waals surface area contributed by atoms with Crippen molar-refractivity contribution in [1.29, 1.82) is 0 Å².